The Balaban J connectivity index is 2.34. The van der Waals surface area contributed by atoms with Crippen LogP contribution in [0.5, 0.6) is 0 Å². The summed E-state index contributed by atoms with van der Waals surface area (Å²) in [7, 11) is -3.74. The van der Waals surface area contributed by atoms with Gasteiger partial charge in [-0.15, -0.1) is 0 Å². The molecule has 0 fully saturated rings. The number of anilines is 1. The molecule has 0 saturated heterocycles. The van der Waals surface area contributed by atoms with Crippen molar-refractivity contribution in [2.45, 2.75) is 25.2 Å². The van der Waals surface area contributed by atoms with Crippen molar-refractivity contribution in [3.63, 3.8) is 0 Å². The van der Waals surface area contributed by atoms with Gasteiger partial charge in [0.15, 0.2) is 0 Å². The first-order valence-corrected chi connectivity index (χ1v) is 7.81. The number of halogens is 1. The number of aryl methyl sites for hydroxylation is 2. The number of sulfonamides is 1. The summed E-state index contributed by atoms with van der Waals surface area (Å²) in [5.41, 5.74) is 0.839. The molecule has 1 N–H and O–H groups in total. The Morgan fingerprint density at radius 2 is 2.16 bits per heavy atom. The molecule has 0 saturated carbocycles. The molecule has 8 heteroatoms. The van der Waals surface area contributed by atoms with Crippen molar-refractivity contribution in [3.8, 4) is 0 Å². The van der Waals surface area contributed by atoms with Crippen molar-refractivity contribution in [2.75, 3.05) is 4.72 Å². The molecule has 0 aliphatic carbocycles. The number of hydrogen-bond acceptors (Lipinski definition) is 5. The first kappa shape index (κ1) is 14.0. The smallest absolute Gasteiger partial charge is 0.277 e. The van der Waals surface area contributed by atoms with Gasteiger partial charge >= 0.3 is 0 Å². The van der Waals surface area contributed by atoms with E-state index in [1.54, 1.807) is 12.1 Å². The van der Waals surface area contributed by atoms with Crippen LogP contribution in [0.1, 0.15) is 18.4 Å². The molecule has 1 aromatic heterocycles. The maximum atomic E-state index is 12.2. The van der Waals surface area contributed by atoms with Crippen LogP contribution in [0.4, 0.5) is 5.95 Å². The lowest BCUT2D eigenvalue weighted by atomic mass is 10.2. The van der Waals surface area contributed by atoms with Crippen LogP contribution in [0, 0.1) is 6.92 Å². The predicted molar refractivity (Wildman–Crippen MR) is 73.4 cm³/mol. The van der Waals surface area contributed by atoms with E-state index in [4.69, 9.17) is 4.52 Å². The van der Waals surface area contributed by atoms with Gasteiger partial charge < -0.3 is 4.52 Å². The lowest BCUT2D eigenvalue weighted by Crippen LogP contribution is -2.14. The van der Waals surface area contributed by atoms with E-state index in [0.717, 1.165) is 5.56 Å². The largest absolute Gasteiger partial charge is 0.337 e. The lowest BCUT2D eigenvalue weighted by molar-refractivity contribution is 0.383. The van der Waals surface area contributed by atoms with E-state index in [1.165, 1.54) is 0 Å². The first-order valence-electron chi connectivity index (χ1n) is 5.54. The molecule has 6 nitrogen and oxygen atoms in total. The molecule has 2 aromatic rings. The molecule has 2 rings (SSSR count). The Morgan fingerprint density at radius 3 is 2.79 bits per heavy atom. The SMILES string of the molecule is CCc1nc(NS(=O)(=O)c2cc(C)ccc2Br)no1. The van der Waals surface area contributed by atoms with Gasteiger partial charge in [-0.25, -0.2) is 13.1 Å². The van der Waals surface area contributed by atoms with Gasteiger partial charge in [0.25, 0.3) is 16.0 Å². The van der Waals surface area contributed by atoms with E-state index in [-0.39, 0.29) is 10.8 Å². The minimum absolute atomic E-state index is 0.0646. The van der Waals surface area contributed by atoms with Crippen LogP contribution in [0.25, 0.3) is 0 Å². The molecule has 0 spiro atoms. The number of hydrogen-bond donors (Lipinski definition) is 1. The maximum absolute atomic E-state index is 12.2. The van der Waals surface area contributed by atoms with Crippen LogP contribution in [-0.2, 0) is 16.4 Å². The van der Waals surface area contributed by atoms with Crippen LogP contribution in [-0.4, -0.2) is 18.6 Å². The third kappa shape index (κ3) is 3.13. The molecule has 19 heavy (non-hydrogen) atoms. The van der Waals surface area contributed by atoms with Crippen molar-refractivity contribution in [3.05, 3.63) is 34.1 Å². The van der Waals surface area contributed by atoms with Crippen LogP contribution in [0.3, 0.4) is 0 Å². The second-order valence-electron chi connectivity index (χ2n) is 3.90. The number of aromatic nitrogens is 2. The Bertz CT molecular complexity index is 697. The highest BCUT2D eigenvalue weighted by atomic mass is 79.9. The normalized spacial score (nSPS) is 11.5. The van der Waals surface area contributed by atoms with Crippen LogP contribution >= 0.6 is 15.9 Å². The minimum atomic E-state index is -3.74. The zero-order valence-electron chi connectivity index (χ0n) is 10.3. The quantitative estimate of drug-likeness (QED) is 0.919. The third-order valence-electron chi connectivity index (χ3n) is 2.37. The van der Waals surface area contributed by atoms with Gasteiger partial charge in [-0.2, -0.15) is 4.98 Å². The zero-order chi connectivity index (χ0) is 14.0. The summed E-state index contributed by atoms with van der Waals surface area (Å²) in [5.74, 6) is 0.311. The molecule has 1 aromatic carbocycles. The summed E-state index contributed by atoms with van der Waals surface area (Å²) >= 11 is 3.22. The number of nitrogens with one attached hydrogen (secondary N) is 1. The molecule has 0 aliphatic heterocycles. The summed E-state index contributed by atoms with van der Waals surface area (Å²) in [4.78, 5) is 4.04. The maximum Gasteiger partial charge on any atom is 0.277 e. The molecule has 0 radical (unpaired) electrons. The summed E-state index contributed by atoms with van der Waals surface area (Å²) in [6.07, 6.45) is 0.545. The van der Waals surface area contributed by atoms with Crippen molar-refractivity contribution < 1.29 is 12.9 Å². The highest BCUT2D eigenvalue weighted by Gasteiger charge is 2.20. The van der Waals surface area contributed by atoms with Gasteiger partial charge in [-0.3, -0.25) is 0 Å². The first-order chi connectivity index (χ1) is 8.92. The average molecular weight is 346 g/mol. The van der Waals surface area contributed by atoms with Gasteiger partial charge in [0, 0.05) is 10.9 Å². The van der Waals surface area contributed by atoms with Gasteiger partial charge in [0.05, 0.1) is 0 Å². The van der Waals surface area contributed by atoms with Crippen LogP contribution in [0.15, 0.2) is 32.1 Å². The molecule has 0 atom stereocenters. The van der Waals surface area contributed by atoms with Crippen molar-refractivity contribution in [1.82, 2.24) is 10.1 Å². The van der Waals surface area contributed by atoms with E-state index in [9.17, 15) is 8.42 Å². The number of rotatable bonds is 4. The summed E-state index contributed by atoms with van der Waals surface area (Å²) in [6.45, 7) is 3.65. The standard InChI is InChI=1S/C11H12BrN3O3S/c1-3-10-13-11(14-18-10)15-19(16,17)9-6-7(2)4-5-8(9)12/h4-6H,3H2,1-2H3,(H,14,15). The monoisotopic (exact) mass is 345 g/mol. The predicted octanol–water partition coefficient (Wildman–Crippen LogP) is 2.50. The fraction of sp³-hybridized carbons (Fsp3) is 0.273. The average Bonchev–Trinajstić information content (AvgIpc) is 2.79. The highest BCUT2D eigenvalue weighted by molar-refractivity contribution is 9.10. The minimum Gasteiger partial charge on any atom is -0.337 e. The fourth-order valence-corrected chi connectivity index (χ4v) is 3.42. The molecule has 1 heterocycles. The van der Waals surface area contributed by atoms with Gasteiger partial charge in [-0.1, -0.05) is 13.0 Å². The fourth-order valence-electron chi connectivity index (χ4n) is 1.43. The highest BCUT2D eigenvalue weighted by Crippen LogP contribution is 2.24. The van der Waals surface area contributed by atoms with Gasteiger partial charge in [0.2, 0.25) is 5.89 Å². The number of nitrogens with zero attached hydrogens (tertiary/aromatic N) is 2. The van der Waals surface area contributed by atoms with E-state index in [2.05, 4.69) is 30.8 Å². The summed E-state index contributed by atoms with van der Waals surface area (Å²) in [6, 6.07) is 5.05. The Morgan fingerprint density at radius 1 is 1.42 bits per heavy atom. The Hall–Kier alpha value is -1.41. The second kappa shape index (κ2) is 5.30. The van der Waals surface area contributed by atoms with E-state index in [1.807, 2.05) is 19.9 Å². The van der Waals surface area contributed by atoms with Gasteiger partial charge in [0.1, 0.15) is 4.90 Å². The summed E-state index contributed by atoms with van der Waals surface area (Å²) < 4.78 is 32.0. The molecular formula is C11H12BrN3O3S. The molecule has 0 bridgehead atoms. The molecular weight excluding hydrogens is 334 g/mol. The van der Waals surface area contributed by atoms with Crippen molar-refractivity contribution in [1.29, 1.82) is 0 Å². The molecule has 0 aliphatic rings. The number of benzene rings is 1. The third-order valence-corrected chi connectivity index (χ3v) is 4.69. The lowest BCUT2D eigenvalue weighted by Gasteiger charge is -2.07. The van der Waals surface area contributed by atoms with Crippen molar-refractivity contribution in [2.24, 2.45) is 0 Å². The molecule has 102 valence electrons. The molecule has 0 amide bonds. The topological polar surface area (TPSA) is 85.1 Å². The zero-order valence-corrected chi connectivity index (χ0v) is 12.7. The Labute approximate surface area is 119 Å². The van der Waals surface area contributed by atoms with E-state index >= 15 is 0 Å². The van der Waals surface area contributed by atoms with Crippen LogP contribution < -0.4 is 4.72 Å². The van der Waals surface area contributed by atoms with Crippen molar-refractivity contribution >= 4 is 31.9 Å². The van der Waals surface area contributed by atoms with E-state index < -0.39 is 10.0 Å². The van der Waals surface area contributed by atoms with Crippen LogP contribution in [0.2, 0.25) is 0 Å². The Kier molecular flexibility index (Phi) is 3.91. The second-order valence-corrected chi connectivity index (χ2v) is 6.41. The van der Waals surface area contributed by atoms with E-state index in [0.29, 0.717) is 16.8 Å². The van der Waals surface area contributed by atoms with Gasteiger partial charge in [-0.05, 0) is 45.7 Å². The molecule has 0 unspecified atom stereocenters. The summed E-state index contributed by atoms with van der Waals surface area (Å²) in [5, 5.41) is 3.56.